The van der Waals surface area contributed by atoms with Gasteiger partial charge >= 0.3 is 18.3 Å². The predicted molar refractivity (Wildman–Crippen MR) is 127 cm³/mol. The third-order valence-corrected chi connectivity index (χ3v) is 5.47. The minimum Gasteiger partial charge on any atom is -0.489 e. The van der Waals surface area contributed by atoms with E-state index < -0.39 is 59.3 Å². The summed E-state index contributed by atoms with van der Waals surface area (Å²) in [6.07, 6.45) is -6.09. The molecule has 0 fully saturated rings. The van der Waals surface area contributed by atoms with Gasteiger partial charge in [0.25, 0.3) is 5.91 Å². The largest absolute Gasteiger partial charge is 0.491 e. The Labute approximate surface area is 230 Å². The molecule has 0 bridgehead atoms. The summed E-state index contributed by atoms with van der Waals surface area (Å²) in [5.41, 5.74) is -1.96. The summed E-state index contributed by atoms with van der Waals surface area (Å²) in [6, 6.07) is 8.45. The van der Waals surface area contributed by atoms with Gasteiger partial charge in [-0.2, -0.15) is 31.4 Å². The summed E-state index contributed by atoms with van der Waals surface area (Å²) in [6.45, 7) is -0.447. The first-order valence-corrected chi connectivity index (χ1v) is 11.6. The molecule has 0 aliphatic carbocycles. The number of pyridine rings is 1. The molecule has 0 saturated heterocycles. The SMILES string of the molecule is O=C(Nc1ccn(Cc2ccc(OCc3ccncc3)cc2C(F)(F)F)n1)c1c(F)ccc(OC(=O)C(F)(F)F)c1F. The highest BCUT2D eigenvalue weighted by atomic mass is 19.4. The number of rotatable bonds is 8. The molecule has 0 saturated carbocycles. The highest BCUT2D eigenvalue weighted by Crippen LogP contribution is 2.35. The summed E-state index contributed by atoms with van der Waals surface area (Å²) >= 11 is 0. The predicted octanol–water partition coefficient (Wildman–Crippen LogP) is 5.92. The zero-order chi connectivity index (χ0) is 30.7. The lowest BCUT2D eigenvalue weighted by Gasteiger charge is -2.15. The maximum absolute atomic E-state index is 14.6. The van der Waals surface area contributed by atoms with Crippen LogP contribution in [0.25, 0.3) is 0 Å². The van der Waals surface area contributed by atoms with E-state index >= 15 is 0 Å². The maximum atomic E-state index is 14.6. The quantitative estimate of drug-likeness (QED) is 0.153. The molecule has 42 heavy (non-hydrogen) atoms. The van der Waals surface area contributed by atoms with Gasteiger partial charge in [-0.1, -0.05) is 6.07 Å². The normalized spacial score (nSPS) is 11.7. The molecule has 16 heteroatoms. The highest BCUT2D eigenvalue weighted by Gasteiger charge is 2.42. The molecule has 2 aromatic carbocycles. The lowest BCUT2D eigenvalue weighted by molar-refractivity contribution is -0.189. The van der Waals surface area contributed by atoms with Gasteiger partial charge in [-0.3, -0.25) is 14.5 Å². The number of ether oxygens (including phenoxy) is 2. The molecule has 0 atom stereocenters. The van der Waals surface area contributed by atoms with Crippen LogP contribution in [-0.2, 0) is 24.1 Å². The number of alkyl halides is 6. The van der Waals surface area contributed by atoms with Crippen LogP contribution in [0.15, 0.2) is 67.1 Å². The van der Waals surface area contributed by atoms with Crippen molar-refractivity contribution in [3.8, 4) is 11.5 Å². The zero-order valence-corrected chi connectivity index (χ0v) is 20.8. The summed E-state index contributed by atoms with van der Waals surface area (Å²) < 4.78 is 118. The van der Waals surface area contributed by atoms with Crippen LogP contribution in [0.2, 0.25) is 0 Å². The van der Waals surface area contributed by atoms with E-state index in [4.69, 9.17) is 4.74 Å². The van der Waals surface area contributed by atoms with E-state index in [0.29, 0.717) is 17.7 Å². The first-order chi connectivity index (χ1) is 19.7. The number of halogens is 8. The first-order valence-electron chi connectivity index (χ1n) is 11.6. The Kier molecular flexibility index (Phi) is 8.44. The number of anilines is 1. The van der Waals surface area contributed by atoms with Crippen molar-refractivity contribution in [3.05, 3.63) is 101 Å². The van der Waals surface area contributed by atoms with Crippen LogP contribution < -0.4 is 14.8 Å². The van der Waals surface area contributed by atoms with Crippen LogP contribution in [0, 0.1) is 11.6 Å². The molecular formula is C26H16F8N4O4. The number of aromatic nitrogens is 3. The number of amides is 1. The van der Waals surface area contributed by atoms with Gasteiger partial charge in [-0.15, -0.1) is 0 Å². The van der Waals surface area contributed by atoms with E-state index in [2.05, 4.69) is 14.8 Å². The average Bonchev–Trinajstić information content (AvgIpc) is 3.35. The Morgan fingerprint density at radius 2 is 1.64 bits per heavy atom. The molecule has 0 unspecified atom stereocenters. The average molecular weight is 600 g/mol. The number of nitrogens with zero attached hydrogens (tertiary/aromatic N) is 3. The molecule has 0 aliphatic heterocycles. The third kappa shape index (κ3) is 7.18. The monoisotopic (exact) mass is 600 g/mol. The standard InChI is InChI=1S/C26H16F8N4O4/c27-18-3-4-19(42-24(40)26(32,33)34)22(28)21(18)23(39)36-20-7-10-38(37-20)12-15-1-2-16(11-17(15)25(29,30)31)41-13-14-5-8-35-9-6-14/h1-11H,12-13H2,(H,36,37,39). The highest BCUT2D eigenvalue weighted by molar-refractivity contribution is 6.04. The van der Waals surface area contributed by atoms with Gasteiger partial charge in [-0.25, -0.2) is 13.6 Å². The van der Waals surface area contributed by atoms with Gasteiger partial charge in [0.1, 0.15) is 23.7 Å². The van der Waals surface area contributed by atoms with Crippen molar-refractivity contribution in [1.82, 2.24) is 14.8 Å². The summed E-state index contributed by atoms with van der Waals surface area (Å²) in [4.78, 5) is 27.3. The second-order valence-electron chi connectivity index (χ2n) is 8.44. The van der Waals surface area contributed by atoms with Crippen molar-refractivity contribution in [2.75, 3.05) is 5.32 Å². The Balaban J connectivity index is 1.49. The smallest absolute Gasteiger partial charge is 0.489 e. The number of carbonyl (C=O) groups is 2. The summed E-state index contributed by atoms with van der Waals surface area (Å²) in [7, 11) is 0. The van der Waals surface area contributed by atoms with Crippen LogP contribution in [0.4, 0.5) is 40.9 Å². The molecule has 4 aromatic rings. The van der Waals surface area contributed by atoms with Crippen molar-refractivity contribution >= 4 is 17.7 Å². The molecule has 2 aromatic heterocycles. The van der Waals surface area contributed by atoms with Gasteiger partial charge in [0.2, 0.25) is 0 Å². The van der Waals surface area contributed by atoms with Gasteiger partial charge in [0.05, 0.1) is 12.1 Å². The second kappa shape index (κ2) is 11.8. The molecule has 0 spiro atoms. The Hall–Kier alpha value is -5.02. The van der Waals surface area contributed by atoms with Crippen LogP contribution >= 0.6 is 0 Å². The topological polar surface area (TPSA) is 95.3 Å². The van der Waals surface area contributed by atoms with E-state index in [0.717, 1.165) is 23.0 Å². The zero-order valence-electron chi connectivity index (χ0n) is 20.8. The Bertz CT molecular complexity index is 1600. The van der Waals surface area contributed by atoms with Crippen molar-refractivity contribution in [1.29, 1.82) is 0 Å². The molecule has 8 nitrogen and oxygen atoms in total. The Morgan fingerprint density at radius 1 is 0.929 bits per heavy atom. The molecule has 2 heterocycles. The summed E-state index contributed by atoms with van der Waals surface area (Å²) in [5.74, 6) is -9.49. The third-order valence-electron chi connectivity index (χ3n) is 5.47. The number of benzene rings is 2. The molecular weight excluding hydrogens is 584 g/mol. The molecule has 0 radical (unpaired) electrons. The van der Waals surface area contributed by atoms with E-state index in [1.54, 1.807) is 12.1 Å². The maximum Gasteiger partial charge on any atom is 0.491 e. The van der Waals surface area contributed by atoms with Crippen LogP contribution in [0.3, 0.4) is 0 Å². The van der Waals surface area contributed by atoms with Crippen LogP contribution in [-0.4, -0.2) is 32.8 Å². The number of esters is 1. The summed E-state index contributed by atoms with van der Waals surface area (Å²) in [5, 5.41) is 5.84. The van der Waals surface area contributed by atoms with Crippen LogP contribution in [0.5, 0.6) is 11.5 Å². The molecule has 220 valence electrons. The van der Waals surface area contributed by atoms with E-state index in [1.807, 2.05) is 5.32 Å². The van der Waals surface area contributed by atoms with Crippen molar-refractivity contribution in [2.45, 2.75) is 25.5 Å². The minimum atomic E-state index is -5.49. The van der Waals surface area contributed by atoms with Crippen LogP contribution in [0.1, 0.15) is 27.0 Å². The fourth-order valence-electron chi connectivity index (χ4n) is 3.54. The van der Waals surface area contributed by atoms with Crippen molar-refractivity contribution < 1.29 is 54.2 Å². The van der Waals surface area contributed by atoms with E-state index in [9.17, 15) is 44.7 Å². The minimum absolute atomic E-state index is 0.00373. The molecule has 0 aliphatic rings. The number of carbonyl (C=O) groups excluding carboxylic acids is 2. The number of hydrogen-bond acceptors (Lipinski definition) is 6. The van der Waals surface area contributed by atoms with Gasteiger partial charge in [-0.05, 0) is 47.5 Å². The number of hydrogen-bond donors (Lipinski definition) is 1. The fourth-order valence-corrected chi connectivity index (χ4v) is 3.54. The lowest BCUT2D eigenvalue weighted by atomic mass is 10.1. The lowest BCUT2D eigenvalue weighted by Crippen LogP contribution is -2.28. The molecule has 4 rings (SSSR count). The van der Waals surface area contributed by atoms with E-state index in [1.165, 1.54) is 24.5 Å². The van der Waals surface area contributed by atoms with Gasteiger partial charge in [0.15, 0.2) is 17.4 Å². The first kappa shape index (κ1) is 30.0. The van der Waals surface area contributed by atoms with Gasteiger partial charge < -0.3 is 14.8 Å². The molecule has 1 N–H and O–H groups in total. The number of nitrogens with one attached hydrogen (secondary N) is 1. The van der Waals surface area contributed by atoms with E-state index in [-0.39, 0.29) is 23.7 Å². The molecule has 1 amide bonds. The fraction of sp³-hybridized carbons (Fsp3) is 0.154. The Morgan fingerprint density at radius 3 is 2.31 bits per heavy atom. The van der Waals surface area contributed by atoms with Crippen molar-refractivity contribution in [2.24, 2.45) is 0 Å². The second-order valence-corrected chi connectivity index (χ2v) is 8.44. The van der Waals surface area contributed by atoms with Crippen molar-refractivity contribution in [3.63, 3.8) is 0 Å². The van der Waals surface area contributed by atoms with Gasteiger partial charge in [0, 0.05) is 24.7 Å².